The molecule has 0 radical (unpaired) electrons. The van der Waals surface area contributed by atoms with E-state index in [1.54, 1.807) is 18.3 Å². The number of hydrogen-bond acceptors (Lipinski definition) is 4. The van der Waals surface area contributed by atoms with Crippen LogP contribution < -0.4 is 4.74 Å². The summed E-state index contributed by atoms with van der Waals surface area (Å²) in [6.07, 6.45) is -5.21. The molecule has 6 nitrogen and oxygen atoms in total. The quantitative estimate of drug-likeness (QED) is 0.494. The van der Waals surface area contributed by atoms with Gasteiger partial charge >= 0.3 is 6.18 Å². The van der Waals surface area contributed by atoms with Crippen molar-refractivity contribution < 1.29 is 27.1 Å². The van der Waals surface area contributed by atoms with Crippen molar-refractivity contribution in [2.75, 3.05) is 0 Å². The summed E-state index contributed by atoms with van der Waals surface area (Å²) in [7, 11) is 0. The molecular formula is C22H15ClF4N4O2. The number of alkyl halides is 3. The topological polar surface area (TPSA) is 71.2 Å². The van der Waals surface area contributed by atoms with Gasteiger partial charge in [-0.25, -0.2) is 9.07 Å². The zero-order valence-corrected chi connectivity index (χ0v) is 17.8. The Kier molecular flexibility index (Phi) is 5.76. The number of fused-ring (bicyclic) bond motifs is 1. The van der Waals surface area contributed by atoms with Crippen LogP contribution in [0.2, 0.25) is 5.02 Å². The van der Waals surface area contributed by atoms with Crippen LogP contribution in [0.5, 0.6) is 5.75 Å². The van der Waals surface area contributed by atoms with Gasteiger partial charge in [0.15, 0.2) is 6.10 Å². The molecule has 0 fully saturated rings. The Bertz CT molecular complexity index is 1260. The molecule has 0 N–H and O–H groups in total. The molecule has 33 heavy (non-hydrogen) atoms. The second-order valence-electron chi connectivity index (χ2n) is 7.40. The third-order valence-electron chi connectivity index (χ3n) is 5.14. The molecule has 0 saturated heterocycles. The SMILES string of the molecule is CC(Oc1ccc(C#N)c(Cl)c1C(=O)N1Cc2cn(-c3cccc(F)c3)nc2C1)C(F)(F)F. The average molecular weight is 479 g/mol. The molecule has 1 aromatic heterocycles. The number of rotatable bonds is 4. The molecule has 0 aliphatic carbocycles. The van der Waals surface area contributed by atoms with E-state index in [4.69, 9.17) is 16.3 Å². The van der Waals surface area contributed by atoms with Gasteiger partial charge in [-0.1, -0.05) is 17.7 Å². The first-order valence-corrected chi connectivity index (χ1v) is 10.0. The molecule has 0 bridgehead atoms. The van der Waals surface area contributed by atoms with Gasteiger partial charge < -0.3 is 9.64 Å². The first kappa shape index (κ1) is 22.6. The van der Waals surface area contributed by atoms with Crippen molar-refractivity contribution in [1.29, 1.82) is 5.26 Å². The number of hydrogen-bond donors (Lipinski definition) is 0. The molecule has 1 aliphatic heterocycles. The lowest BCUT2D eigenvalue weighted by molar-refractivity contribution is -0.189. The lowest BCUT2D eigenvalue weighted by atomic mass is 10.1. The second kappa shape index (κ2) is 8.41. The lowest BCUT2D eigenvalue weighted by Gasteiger charge is -2.23. The van der Waals surface area contributed by atoms with Crippen molar-refractivity contribution in [1.82, 2.24) is 14.7 Å². The van der Waals surface area contributed by atoms with Crippen LogP contribution in [0.3, 0.4) is 0 Å². The highest BCUT2D eigenvalue weighted by Gasteiger charge is 2.39. The van der Waals surface area contributed by atoms with E-state index in [9.17, 15) is 27.6 Å². The van der Waals surface area contributed by atoms with Gasteiger partial charge in [-0.3, -0.25) is 4.79 Å². The zero-order chi connectivity index (χ0) is 23.9. The van der Waals surface area contributed by atoms with Crippen LogP contribution in [0.25, 0.3) is 5.69 Å². The Hall–Kier alpha value is -3.58. The first-order chi connectivity index (χ1) is 15.6. The lowest BCUT2D eigenvalue weighted by Crippen LogP contribution is -2.33. The van der Waals surface area contributed by atoms with E-state index in [-0.39, 0.29) is 35.0 Å². The number of ether oxygens (including phenoxy) is 1. The molecule has 3 aromatic rings. The summed E-state index contributed by atoms with van der Waals surface area (Å²) < 4.78 is 59.0. The molecule has 1 unspecified atom stereocenters. The molecule has 1 atom stereocenters. The largest absolute Gasteiger partial charge is 0.480 e. The predicted molar refractivity (Wildman–Crippen MR) is 109 cm³/mol. The maximum absolute atomic E-state index is 13.5. The summed E-state index contributed by atoms with van der Waals surface area (Å²) in [4.78, 5) is 14.6. The second-order valence-corrected chi connectivity index (χ2v) is 7.78. The normalized spacial score (nSPS) is 14.0. The molecule has 2 aromatic carbocycles. The van der Waals surface area contributed by atoms with Gasteiger partial charge in [0, 0.05) is 18.3 Å². The van der Waals surface area contributed by atoms with Crippen molar-refractivity contribution in [2.45, 2.75) is 32.3 Å². The van der Waals surface area contributed by atoms with Crippen molar-refractivity contribution >= 4 is 17.5 Å². The number of nitriles is 1. The zero-order valence-electron chi connectivity index (χ0n) is 17.0. The minimum Gasteiger partial charge on any atom is -0.480 e. The van der Waals surface area contributed by atoms with E-state index in [0.717, 1.165) is 13.0 Å². The summed E-state index contributed by atoms with van der Waals surface area (Å²) in [6, 6.07) is 9.96. The molecule has 1 aliphatic rings. The maximum atomic E-state index is 13.5. The van der Waals surface area contributed by atoms with E-state index in [1.807, 2.05) is 6.07 Å². The van der Waals surface area contributed by atoms with E-state index in [0.29, 0.717) is 16.9 Å². The predicted octanol–water partition coefficient (Wildman–Crippen LogP) is 5.02. The van der Waals surface area contributed by atoms with Crippen LogP contribution in [0.15, 0.2) is 42.6 Å². The van der Waals surface area contributed by atoms with Crippen LogP contribution in [0.4, 0.5) is 17.6 Å². The Labute approximate surface area is 190 Å². The fourth-order valence-corrected chi connectivity index (χ4v) is 3.68. The number of carbonyl (C=O) groups excluding carboxylic acids is 1. The maximum Gasteiger partial charge on any atom is 0.425 e. The van der Waals surface area contributed by atoms with Gasteiger partial charge in [-0.2, -0.15) is 23.5 Å². The minimum absolute atomic E-state index is 0.0534. The van der Waals surface area contributed by atoms with E-state index < -0.39 is 24.0 Å². The Morgan fingerprint density at radius 2 is 2.03 bits per heavy atom. The number of halogens is 5. The Balaban J connectivity index is 1.62. The Morgan fingerprint density at radius 3 is 2.67 bits per heavy atom. The molecule has 1 amide bonds. The van der Waals surface area contributed by atoms with E-state index in [1.165, 1.54) is 27.8 Å². The highest BCUT2D eigenvalue weighted by atomic mass is 35.5. The average Bonchev–Trinajstić information content (AvgIpc) is 3.32. The summed E-state index contributed by atoms with van der Waals surface area (Å²) in [6.45, 7) is 0.962. The fraction of sp³-hybridized carbons (Fsp3) is 0.227. The highest BCUT2D eigenvalue weighted by molar-refractivity contribution is 6.35. The van der Waals surface area contributed by atoms with Gasteiger partial charge in [0.1, 0.15) is 23.2 Å². The Morgan fingerprint density at radius 1 is 1.27 bits per heavy atom. The molecule has 4 rings (SSSR count). The van der Waals surface area contributed by atoms with Crippen molar-refractivity contribution in [2.24, 2.45) is 0 Å². The van der Waals surface area contributed by atoms with Crippen LogP contribution in [-0.2, 0) is 13.1 Å². The van der Waals surface area contributed by atoms with Gasteiger partial charge in [0.2, 0.25) is 0 Å². The summed E-state index contributed by atoms with van der Waals surface area (Å²) in [5.74, 6) is -1.49. The standard InChI is InChI=1S/C22H15ClF4N4O2/c1-12(22(25,26)27)33-18-6-5-13(8-28)20(23)19(18)21(32)30-9-14-10-31(29-17(14)11-30)16-4-2-3-15(24)7-16/h2-7,10,12H,9,11H2,1H3. The van der Waals surface area contributed by atoms with Crippen LogP contribution >= 0.6 is 11.6 Å². The number of amides is 1. The molecule has 170 valence electrons. The van der Waals surface area contributed by atoms with Gasteiger partial charge in [-0.15, -0.1) is 0 Å². The molecule has 0 spiro atoms. The third kappa shape index (κ3) is 4.36. The molecular weight excluding hydrogens is 464 g/mol. The smallest absolute Gasteiger partial charge is 0.425 e. The number of nitrogens with zero attached hydrogens (tertiary/aromatic N) is 4. The van der Waals surface area contributed by atoms with Gasteiger partial charge in [-0.05, 0) is 37.3 Å². The third-order valence-corrected chi connectivity index (χ3v) is 5.53. The minimum atomic E-state index is -4.66. The van der Waals surface area contributed by atoms with Gasteiger partial charge in [0.25, 0.3) is 5.91 Å². The first-order valence-electron chi connectivity index (χ1n) is 9.67. The van der Waals surface area contributed by atoms with Crippen molar-refractivity contribution in [3.8, 4) is 17.5 Å². The summed E-state index contributed by atoms with van der Waals surface area (Å²) in [5.41, 5.74) is 1.34. The molecule has 11 heteroatoms. The number of carbonyl (C=O) groups is 1. The van der Waals surface area contributed by atoms with Crippen LogP contribution in [0.1, 0.15) is 34.1 Å². The fourth-order valence-electron chi connectivity index (χ4n) is 3.40. The summed E-state index contributed by atoms with van der Waals surface area (Å²) in [5, 5.41) is 13.3. The van der Waals surface area contributed by atoms with Gasteiger partial charge in [0.05, 0.1) is 28.5 Å². The number of benzene rings is 2. The summed E-state index contributed by atoms with van der Waals surface area (Å²) >= 11 is 6.20. The number of aromatic nitrogens is 2. The monoisotopic (exact) mass is 478 g/mol. The van der Waals surface area contributed by atoms with Crippen molar-refractivity contribution in [3.05, 3.63) is 75.8 Å². The molecule has 2 heterocycles. The highest BCUT2D eigenvalue weighted by Crippen LogP contribution is 2.36. The van der Waals surface area contributed by atoms with E-state index >= 15 is 0 Å². The van der Waals surface area contributed by atoms with E-state index in [2.05, 4.69) is 5.10 Å². The van der Waals surface area contributed by atoms with Crippen molar-refractivity contribution in [3.63, 3.8) is 0 Å². The van der Waals surface area contributed by atoms with Crippen LogP contribution in [0, 0.1) is 17.1 Å². The molecule has 0 saturated carbocycles. The van der Waals surface area contributed by atoms with Crippen LogP contribution in [-0.4, -0.2) is 32.9 Å².